The van der Waals surface area contributed by atoms with Crippen LogP contribution in [0.5, 0.6) is 0 Å². The van der Waals surface area contributed by atoms with E-state index in [1.807, 2.05) is 16.7 Å². The number of rotatable bonds is 5. The summed E-state index contributed by atoms with van der Waals surface area (Å²) in [7, 11) is -3.32. The fourth-order valence-electron chi connectivity index (χ4n) is 2.58. The average Bonchev–Trinajstić information content (AvgIpc) is 2.97. The van der Waals surface area contributed by atoms with Gasteiger partial charge in [0.25, 0.3) is 5.91 Å². The van der Waals surface area contributed by atoms with Gasteiger partial charge in [0.05, 0.1) is 15.1 Å². The van der Waals surface area contributed by atoms with E-state index in [9.17, 15) is 13.2 Å². The number of halogens is 1. The summed E-state index contributed by atoms with van der Waals surface area (Å²) in [6.07, 6.45) is 5.82. The second-order valence-electron chi connectivity index (χ2n) is 5.99. The number of carbonyl (C=O) groups excluding carboxylic acids is 1. The minimum absolute atomic E-state index is 0.225. The predicted octanol–water partition coefficient (Wildman–Crippen LogP) is 4.09. The van der Waals surface area contributed by atoms with Crippen LogP contribution in [-0.4, -0.2) is 25.1 Å². The molecule has 144 valence electrons. The first-order chi connectivity index (χ1) is 13.3. The molecule has 1 amide bonds. The van der Waals surface area contributed by atoms with Crippen molar-refractivity contribution in [2.45, 2.75) is 11.4 Å². The van der Waals surface area contributed by atoms with Gasteiger partial charge in [-0.25, -0.2) is 8.42 Å². The first kappa shape index (κ1) is 20.3. The molecule has 0 saturated carbocycles. The van der Waals surface area contributed by atoms with E-state index in [2.05, 4.69) is 11.6 Å². The van der Waals surface area contributed by atoms with Crippen molar-refractivity contribution in [1.82, 2.24) is 4.57 Å². The van der Waals surface area contributed by atoms with Gasteiger partial charge in [0.15, 0.2) is 14.6 Å². The topological polar surface area (TPSA) is 68.5 Å². The number of benzene rings is 2. The monoisotopic (exact) mass is 432 g/mol. The van der Waals surface area contributed by atoms with Crippen LogP contribution in [0.4, 0.5) is 0 Å². The number of fused-ring (bicyclic) bond motifs is 1. The van der Waals surface area contributed by atoms with Crippen molar-refractivity contribution in [2.24, 2.45) is 4.99 Å². The maximum Gasteiger partial charge on any atom is 0.272 e. The second kappa shape index (κ2) is 8.26. The minimum Gasteiger partial charge on any atom is -0.312 e. The molecule has 1 aromatic heterocycles. The molecule has 0 fully saturated rings. The summed E-state index contributed by atoms with van der Waals surface area (Å²) in [6, 6.07) is 12.0. The van der Waals surface area contributed by atoms with Crippen LogP contribution < -0.4 is 4.80 Å². The number of carbonyl (C=O) groups is 1. The van der Waals surface area contributed by atoms with Crippen LogP contribution in [0.25, 0.3) is 16.3 Å². The van der Waals surface area contributed by atoms with Crippen molar-refractivity contribution in [1.29, 1.82) is 0 Å². The normalized spacial score (nSPS) is 12.7. The number of hydrogen-bond donors (Lipinski definition) is 0. The number of hydrogen-bond acceptors (Lipinski definition) is 4. The summed E-state index contributed by atoms with van der Waals surface area (Å²) in [5, 5.41) is 0.545. The van der Waals surface area contributed by atoms with E-state index in [4.69, 9.17) is 11.6 Å². The van der Waals surface area contributed by atoms with Gasteiger partial charge in [-0.05, 0) is 35.9 Å². The molecule has 28 heavy (non-hydrogen) atoms. The van der Waals surface area contributed by atoms with Crippen LogP contribution in [0.3, 0.4) is 0 Å². The Hall–Kier alpha value is -2.48. The van der Waals surface area contributed by atoms with Crippen molar-refractivity contribution >= 4 is 55.0 Å². The summed E-state index contributed by atoms with van der Waals surface area (Å²) in [5.74, 6) is -0.437. The van der Waals surface area contributed by atoms with E-state index in [1.165, 1.54) is 17.4 Å². The molecule has 8 heteroatoms. The first-order valence-corrected chi connectivity index (χ1v) is 11.3. The van der Waals surface area contributed by atoms with Gasteiger partial charge in [-0.3, -0.25) is 4.79 Å². The molecule has 1 heterocycles. The predicted molar refractivity (Wildman–Crippen MR) is 114 cm³/mol. The van der Waals surface area contributed by atoms with Crippen LogP contribution in [0.1, 0.15) is 5.56 Å². The molecule has 0 saturated heterocycles. The Bertz CT molecular complexity index is 1270. The highest BCUT2D eigenvalue weighted by Gasteiger charge is 2.12. The zero-order valence-electron chi connectivity index (χ0n) is 15.0. The van der Waals surface area contributed by atoms with E-state index >= 15 is 0 Å². The quantitative estimate of drug-likeness (QED) is 0.450. The van der Waals surface area contributed by atoms with E-state index < -0.39 is 15.7 Å². The smallest absolute Gasteiger partial charge is 0.272 e. The second-order valence-corrected chi connectivity index (χ2v) is 9.42. The lowest BCUT2D eigenvalue weighted by atomic mass is 10.2. The number of thiazole rings is 1. The molecule has 3 rings (SSSR count). The Kier molecular flexibility index (Phi) is 5.98. The molecule has 3 aromatic rings. The Morgan fingerprint density at radius 1 is 1.29 bits per heavy atom. The number of aromatic nitrogens is 1. The lowest BCUT2D eigenvalue weighted by Crippen LogP contribution is -2.15. The van der Waals surface area contributed by atoms with E-state index in [0.29, 0.717) is 16.4 Å². The van der Waals surface area contributed by atoms with Gasteiger partial charge in [0.1, 0.15) is 0 Å². The first-order valence-electron chi connectivity index (χ1n) is 8.25. The highest BCUT2D eigenvalue weighted by Crippen LogP contribution is 2.22. The Morgan fingerprint density at radius 2 is 2.04 bits per heavy atom. The molecule has 0 atom stereocenters. The van der Waals surface area contributed by atoms with E-state index in [-0.39, 0.29) is 4.90 Å². The van der Waals surface area contributed by atoms with Crippen LogP contribution in [0, 0.1) is 0 Å². The lowest BCUT2D eigenvalue weighted by Gasteiger charge is -2.02. The fraction of sp³-hybridized carbons (Fsp3) is 0.100. The molecule has 0 unspecified atom stereocenters. The maximum atomic E-state index is 12.3. The minimum atomic E-state index is -3.32. The highest BCUT2D eigenvalue weighted by atomic mass is 35.5. The number of sulfone groups is 1. The molecule has 5 nitrogen and oxygen atoms in total. The van der Waals surface area contributed by atoms with Crippen LogP contribution in [-0.2, 0) is 21.2 Å². The third-order valence-corrected chi connectivity index (χ3v) is 6.41. The van der Waals surface area contributed by atoms with Crippen LogP contribution >= 0.6 is 22.9 Å². The molecule has 0 aliphatic rings. The zero-order chi connectivity index (χ0) is 20.3. The summed E-state index contributed by atoms with van der Waals surface area (Å²) < 4.78 is 26.2. The third kappa shape index (κ3) is 4.49. The molecule has 0 spiro atoms. The number of amides is 1. The van der Waals surface area contributed by atoms with Crippen molar-refractivity contribution in [2.75, 3.05) is 6.26 Å². The van der Waals surface area contributed by atoms with Crippen molar-refractivity contribution in [3.63, 3.8) is 0 Å². The van der Waals surface area contributed by atoms with Crippen molar-refractivity contribution in [3.8, 4) is 0 Å². The van der Waals surface area contributed by atoms with Gasteiger partial charge in [-0.1, -0.05) is 47.2 Å². The Labute approximate surface area is 171 Å². The number of allylic oxidation sites excluding steroid dienone is 1. The standard InChI is InChI=1S/C20H17ClN2O3S2/c1-3-12-23-17-10-9-15(28(2,25)26)13-18(17)27-20(23)22-19(24)11-8-14-6-4-5-7-16(14)21/h3-11,13H,1,12H2,2H3/b11-8+,22-20?. The van der Waals surface area contributed by atoms with Crippen molar-refractivity contribution in [3.05, 3.63) is 76.6 Å². The van der Waals surface area contributed by atoms with Crippen molar-refractivity contribution < 1.29 is 13.2 Å². The highest BCUT2D eigenvalue weighted by molar-refractivity contribution is 7.90. The van der Waals surface area contributed by atoms with Gasteiger partial charge in [-0.2, -0.15) is 4.99 Å². The van der Waals surface area contributed by atoms with Gasteiger partial charge in [-0.15, -0.1) is 6.58 Å². The van der Waals surface area contributed by atoms with Gasteiger partial charge in [0.2, 0.25) is 0 Å². The number of nitrogens with zero attached hydrogens (tertiary/aromatic N) is 2. The molecule has 0 aliphatic carbocycles. The Morgan fingerprint density at radius 3 is 2.71 bits per heavy atom. The largest absolute Gasteiger partial charge is 0.312 e. The van der Waals surface area contributed by atoms with Gasteiger partial charge < -0.3 is 4.57 Å². The fourth-order valence-corrected chi connectivity index (χ4v) is 4.58. The molecule has 2 aromatic carbocycles. The molecule has 0 bridgehead atoms. The van der Waals surface area contributed by atoms with Crippen LogP contribution in [0.2, 0.25) is 5.02 Å². The zero-order valence-corrected chi connectivity index (χ0v) is 17.4. The summed E-state index contributed by atoms with van der Waals surface area (Å²) in [5.41, 5.74) is 1.51. The summed E-state index contributed by atoms with van der Waals surface area (Å²) in [4.78, 5) is 17.2. The van der Waals surface area contributed by atoms with E-state index in [0.717, 1.165) is 22.0 Å². The Balaban J connectivity index is 2.05. The molecular weight excluding hydrogens is 416 g/mol. The molecular formula is C20H17ClN2O3S2. The molecule has 0 radical (unpaired) electrons. The lowest BCUT2D eigenvalue weighted by molar-refractivity contribution is -0.113. The van der Waals surface area contributed by atoms with Gasteiger partial charge >= 0.3 is 0 Å². The summed E-state index contributed by atoms with van der Waals surface area (Å²) >= 11 is 7.33. The maximum absolute atomic E-state index is 12.3. The average molecular weight is 433 g/mol. The van der Waals surface area contributed by atoms with Gasteiger partial charge in [0, 0.05) is 23.9 Å². The van der Waals surface area contributed by atoms with E-state index in [1.54, 1.807) is 42.5 Å². The third-order valence-electron chi connectivity index (χ3n) is 3.91. The SMILES string of the molecule is C=CCn1c(=NC(=O)/C=C/c2ccccc2Cl)sc2cc(S(C)(=O)=O)ccc21. The summed E-state index contributed by atoms with van der Waals surface area (Å²) in [6.45, 7) is 4.18. The molecule has 0 aliphatic heterocycles. The molecule has 0 N–H and O–H groups in total. The van der Waals surface area contributed by atoms with Crippen LogP contribution in [0.15, 0.2) is 71.1 Å².